The summed E-state index contributed by atoms with van der Waals surface area (Å²) >= 11 is 0. The Labute approximate surface area is 202 Å². The Kier molecular flexibility index (Phi) is 6.57. The largest absolute Gasteiger partial charge is 0.449 e. The monoisotopic (exact) mass is 493 g/mol. The van der Waals surface area contributed by atoms with E-state index >= 15 is 0 Å². The Morgan fingerprint density at radius 2 is 1.69 bits per heavy atom. The zero-order valence-electron chi connectivity index (χ0n) is 18.8. The molecule has 0 saturated carbocycles. The second-order valence-electron chi connectivity index (χ2n) is 7.96. The number of ether oxygens (including phenoxy) is 1. The molecule has 0 saturated heterocycles. The van der Waals surface area contributed by atoms with Gasteiger partial charge in [-0.3, -0.25) is 13.9 Å². The number of fused-ring (bicyclic) bond motifs is 1. The Morgan fingerprint density at radius 3 is 2.40 bits per heavy atom. The van der Waals surface area contributed by atoms with Crippen LogP contribution in [0.2, 0.25) is 0 Å². The van der Waals surface area contributed by atoms with E-state index in [0.29, 0.717) is 24.3 Å². The van der Waals surface area contributed by atoms with Gasteiger partial charge in [0.15, 0.2) is 6.10 Å². The molecule has 4 rings (SSSR count). The molecule has 9 nitrogen and oxygen atoms in total. The molecule has 180 valence electrons. The molecule has 0 fully saturated rings. The topological polar surface area (TPSA) is 136 Å². The van der Waals surface area contributed by atoms with Crippen molar-refractivity contribution in [1.82, 2.24) is 0 Å². The van der Waals surface area contributed by atoms with Crippen molar-refractivity contribution in [3.63, 3.8) is 0 Å². The van der Waals surface area contributed by atoms with E-state index in [-0.39, 0.29) is 16.0 Å². The Bertz CT molecular complexity index is 1400. The minimum Gasteiger partial charge on any atom is -0.449 e. The molecule has 35 heavy (non-hydrogen) atoms. The standard InChI is InChI=1S/C25H23N3O6S/c1-16(24(30)27-20-11-9-18(10-12-20)23(26)29)34-25(31)19-6-4-7-21(15-19)35(32,33)28-14-13-17-5-2-3-8-22(17)28/h2-12,15-16H,13-14H2,1H3,(H2,26,29)(H,27,30). The van der Waals surface area contributed by atoms with Crippen molar-refractivity contribution in [2.45, 2.75) is 24.3 Å². The number of nitrogens with one attached hydrogen (secondary N) is 1. The summed E-state index contributed by atoms with van der Waals surface area (Å²) in [5.41, 5.74) is 7.43. The second kappa shape index (κ2) is 9.59. The van der Waals surface area contributed by atoms with E-state index in [2.05, 4.69) is 5.32 Å². The van der Waals surface area contributed by atoms with Gasteiger partial charge in [0.05, 0.1) is 16.1 Å². The highest BCUT2D eigenvalue weighted by Gasteiger charge is 2.31. The Balaban J connectivity index is 1.45. The minimum absolute atomic E-state index is 0.00372. The molecule has 3 aromatic carbocycles. The lowest BCUT2D eigenvalue weighted by Crippen LogP contribution is -2.30. The molecule has 2 amide bonds. The average molecular weight is 494 g/mol. The predicted octanol–water partition coefficient (Wildman–Crippen LogP) is 2.72. The van der Waals surface area contributed by atoms with Crippen molar-refractivity contribution < 1.29 is 27.5 Å². The van der Waals surface area contributed by atoms with E-state index in [1.54, 1.807) is 12.1 Å². The molecular formula is C25H23N3O6S. The summed E-state index contributed by atoms with van der Waals surface area (Å²) < 4.78 is 33.1. The molecule has 3 aromatic rings. The summed E-state index contributed by atoms with van der Waals surface area (Å²) in [7, 11) is -3.89. The number of para-hydroxylation sites is 1. The third-order valence-electron chi connectivity index (χ3n) is 5.59. The smallest absolute Gasteiger partial charge is 0.338 e. The fraction of sp³-hybridized carbons (Fsp3) is 0.160. The van der Waals surface area contributed by atoms with Crippen molar-refractivity contribution in [3.8, 4) is 0 Å². The highest BCUT2D eigenvalue weighted by Crippen LogP contribution is 2.32. The number of nitrogens with zero attached hydrogens (tertiary/aromatic N) is 1. The van der Waals surface area contributed by atoms with Gasteiger partial charge in [0, 0.05) is 17.8 Å². The molecule has 0 bridgehead atoms. The maximum absolute atomic E-state index is 13.3. The highest BCUT2D eigenvalue weighted by molar-refractivity contribution is 7.92. The fourth-order valence-electron chi connectivity index (χ4n) is 3.71. The van der Waals surface area contributed by atoms with Crippen LogP contribution < -0.4 is 15.4 Å². The number of primary amides is 1. The molecular weight excluding hydrogens is 470 g/mol. The van der Waals surface area contributed by atoms with Crippen molar-refractivity contribution in [3.05, 3.63) is 89.5 Å². The third kappa shape index (κ3) is 5.02. The molecule has 1 atom stereocenters. The van der Waals surface area contributed by atoms with E-state index < -0.39 is 33.9 Å². The second-order valence-corrected chi connectivity index (χ2v) is 9.82. The first kappa shape index (κ1) is 24.0. The summed E-state index contributed by atoms with van der Waals surface area (Å²) in [4.78, 5) is 36.2. The summed E-state index contributed by atoms with van der Waals surface area (Å²) in [6, 6.07) is 18.7. The maximum atomic E-state index is 13.3. The molecule has 0 aliphatic carbocycles. The molecule has 0 radical (unpaired) electrons. The van der Waals surface area contributed by atoms with Crippen molar-refractivity contribution >= 4 is 39.2 Å². The fourth-order valence-corrected chi connectivity index (χ4v) is 5.26. The molecule has 1 aliphatic rings. The predicted molar refractivity (Wildman–Crippen MR) is 130 cm³/mol. The van der Waals surface area contributed by atoms with E-state index in [9.17, 15) is 22.8 Å². The van der Waals surface area contributed by atoms with Crippen LogP contribution in [-0.4, -0.2) is 38.9 Å². The number of hydrogen-bond donors (Lipinski definition) is 2. The van der Waals surface area contributed by atoms with Gasteiger partial charge in [-0.05, 0) is 67.4 Å². The van der Waals surface area contributed by atoms with E-state index in [0.717, 1.165) is 5.56 Å². The number of carbonyl (C=O) groups excluding carboxylic acids is 3. The van der Waals surface area contributed by atoms with Crippen LogP contribution in [0.25, 0.3) is 0 Å². The van der Waals surface area contributed by atoms with Crippen LogP contribution >= 0.6 is 0 Å². The number of rotatable bonds is 7. The summed E-state index contributed by atoms with van der Waals surface area (Å²) in [6.07, 6.45) is -0.557. The molecule has 1 aliphatic heterocycles. The van der Waals surface area contributed by atoms with E-state index in [1.807, 2.05) is 12.1 Å². The molecule has 1 unspecified atom stereocenters. The lowest BCUT2D eigenvalue weighted by Gasteiger charge is -2.20. The zero-order valence-corrected chi connectivity index (χ0v) is 19.6. The number of sulfonamides is 1. The van der Waals surface area contributed by atoms with E-state index in [1.165, 1.54) is 59.8 Å². The first-order chi connectivity index (χ1) is 16.7. The molecule has 1 heterocycles. The quantitative estimate of drug-likeness (QED) is 0.486. The van der Waals surface area contributed by atoms with Gasteiger partial charge >= 0.3 is 5.97 Å². The van der Waals surface area contributed by atoms with Crippen LogP contribution in [0, 0.1) is 0 Å². The van der Waals surface area contributed by atoms with Gasteiger partial charge in [-0.15, -0.1) is 0 Å². The van der Waals surface area contributed by atoms with Gasteiger partial charge in [0.1, 0.15) is 0 Å². The van der Waals surface area contributed by atoms with Crippen LogP contribution in [0.1, 0.15) is 33.2 Å². The Morgan fingerprint density at radius 1 is 0.971 bits per heavy atom. The van der Waals surface area contributed by atoms with Gasteiger partial charge < -0.3 is 15.8 Å². The minimum atomic E-state index is -3.89. The average Bonchev–Trinajstić information content (AvgIpc) is 3.29. The number of anilines is 2. The maximum Gasteiger partial charge on any atom is 0.338 e. The number of nitrogens with two attached hydrogens (primary N) is 1. The summed E-state index contributed by atoms with van der Waals surface area (Å²) in [5.74, 6) is -2.03. The van der Waals surface area contributed by atoms with Crippen molar-refractivity contribution in [2.24, 2.45) is 5.73 Å². The van der Waals surface area contributed by atoms with E-state index in [4.69, 9.17) is 10.5 Å². The van der Waals surface area contributed by atoms with Crippen LogP contribution in [-0.2, 0) is 26.0 Å². The number of amides is 2. The Hall–Kier alpha value is -4.18. The number of hydrogen-bond acceptors (Lipinski definition) is 6. The number of esters is 1. The molecule has 0 spiro atoms. The third-order valence-corrected chi connectivity index (χ3v) is 7.40. The van der Waals surface area contributed by atoms with Gasteiger partial charge in [0.25, 0.3) is 15.9 Å². The lowest BCUT2D eigenvalue weighted by atomic mass is 10.2. The van der Waals surface area contributed by atoms with Gasteiger partial charge in [-0.1, -0.05) is 24.3 Å². The highest BCUT2D eigenvalue weighted by atomic mass is 32.2. The van der Waals surface area contributed by atoms with Crippen LogP contribution in [0.4, 0.5) is 11.4 Å². The van der Waals surface area contributed by atoms with Gasteiger partial charge in [-0.25, -0.2) is 13.2 Å². The van der Waals surface area contributed by atoms with Crippen molar-refractivity contribution in [1.29, 1.82) is 0 Å². The SMILES string of the molecule is CC(OC(=O)c1cccc(S(=O)(=O)N2CCc3ccccc32)c1)C(=O)Nc1ccc(C(N)=O)cc1. The summed E-state index contributed by atoms with van der Waals surface area (Å²) in [6.45, 7) is 1.71. The molecule has 10 heteroatoms. The van der Waals surface area contributed by atoms with Crippen LogP contribution in [0.3, 0.4) is 0 Å². The lowest BCUT2D eigenvalue weighted by molar-refractivity contribution is -0.123. The zero-order chi connectivity index (χ0) is 25.2. The normalized spacial score (nSPS) is 13.6. The van der Waals surface area contributed by atoms with Crippen LogP contribution in [0.15, 0.2) is 77.7 Å². The summed E-state index contributed by atoms with van der Waals surface area (Å²) in [5, 5.41) is 2.58. The van der Waals surface area contributed by atoms with Gasteiger partial charge in [0.2, 0.25) is 5.91 Å². The van der Waals surface area contributed by atoms with Gasteiger partial charge in [-0.2, -0.15) is 0 Å². The number of benzene rings is 3. The number of carbonyl (C=O) groups is 3. The molecule has 3 N–H and O–H groups in total. The molecule has 0 aromatic heterocycles. The first-order valence-electron chi connectivity index (χ1n) is 10.8. The first-order valence-corrected chi connectivity index (χ1v) is 12.2. The van der Waals surface area contributed by atoms with Crippen molar-refractivity contribution in [2.75, 3.05) is 16.2 Å². The van der Waals surface area contributed by atoms with Crippen LogP contribution in [0.5, 0.6) is 0 Å².